The summed E-state index contributed by atoms with van der Waals surface area (Å²) in [5.74, 6) is -0.0372. The highest BCUT2D eigenvalue weighted by atomic mass is 35.5. The van der Waals surface area contributed by atoms with Crippen molar-refractivity contribution in [2.45, 2.75) is 25.3 Å². The molecule has 1 N–H and O–H groups in total. The lowest BCUT2D eigenvalue weighted by molar-refractivity contribution is -0.136. The number of hydrogen-bond acceptors (Lipinski definition) is 6. The Morgan fingerprint density at radius 3 is 2.83 bits per heavy atom. The predicted molar refractivity (Wildman–Crippen MR) is 107 cm³/mol. The first-order chi connectivity index (χ1) is 14.5. The van der Waals surface area contributed by atoms with Crippen molar-refractivity contribution < 1.29 is 13.9 Å². The van der Waals surface area contributed by atoms with Crippen molar-refractivity contribution in [1.29, 1.82) is 0 Å². The molecule has 3 aromatic rings. The van der Waals surface area contributed by atoms with Crippen LogP contribution in [-0.2, 0) is 16.1 Å². The van der Waals surface area contributed by atoms with E-state index in [-0.39, 0.29) is 46.7 Å². The molecule has 0 aliphatic carbocycles. The number of rotatable bonds is 5. The lowest BCUT2D eigenvalue weighted by atomic mass is 9.96. The van der Waals surface area contributed by atoms with Crippen LogP contribution in [0.15, 0.2) is 23.0 Å². The molecule has 0 radical (unpaired) electrons. The zero-order valence-electron chi connectivity index (χ0n) is 16.3. The number of piperidine rings is 1. The molecule has 1 amide bonds. The number of aromatic nitrogens is 5. The molecule has 1 saturated heterocycles. The molecule has 4 rings (SSSR count). The number of carbonyl (C=O) groups excluding carboxylic acids is 1. The van der Waals surface area contributed by atoms with E-state index in [0.29, 0.717) is 31.8 Å². The van der Waals surface area contributed by atoms with Crippen LogP contribution in [0.5, 0.6) is 0 Å². The molecular formula is C19H20ClFN6O3. The summed E-state index contributed by atoms with van der Waals surface area (Å²) in [5.41, 5.74) is 0.197. The van der Waals surface area contributed by atoms with Crippen LogP contribution in [0.1, 0.15) is 30.1 Å². The molecule has 0 spiro atoms. The van der Waals surface area contributed by atoms with Crippen molar-refractivity contribution in [2.75, 3.05) is 26.8 Å². The van der Waals surface area contributed by atoms with E-state index in [4.69, 9.17) is 16.3 Å². The first kappa shape index (κ1) is 20.4. The summed E-state index contributed by atoms with van der Waals surface area (Å²) in [5, 5.41) is 8.12. The molecule has 9 nitrogen and oxygen atoms in total. The number of nitrogens with one attached hydrogen (secondary N) is 1. The van der Waals surface area contributed by atoms with Gasteiger partial charge in [0.15, 0.2) is 11.2 Å². The Hall–Kier alpha value is -2.85. The van der Waals surface area contributed by atoms with Crippen molar-refractivity contribution in [1.82, 2.24) is 29.9 Å². The number of hydrogen-bond donors (Lipinski definition) is 1. The van der Waals surface area contributed by atoms with E-state index < -0.39 is 11.4 Å². The molecule has 2 aromatic heterocycles. The summed E-state index contributed by atoms with van der Waals surface area (Å²) in [4.78, 5) is 33.6. The van der Waals surface area contributed by atoms with Gasteiger partial charge in [0, 0.05) is 36.7 Å². The maximum absolute atomic E-state index is 14.2. The van der Waals surface area contributed by atoms with Crippen molar-refractivity contribution >= 4 is 28.7 Å². The fourth-order valence-electron chi connectivity index (χ4n) is 3.63. The number of methoxy groups -OCH3 is 1. The van der Waals surface area contributed by atoms with Crippen LogP contribution in [0.3, 0.4) is 0 Å². The fraction of sp³-hybridized carbons (Fsp3) is 0.421. The molecule has 30 heavy (non-hydrogen) atoms. The Kier molecular flexibility index (Phi) is 5.78. The Balaban J connectivity index is 1.60. The molecule has 1 fully saturated rings. The van der Waals surface area contributed by atoms with Gasteiger partial charge in [0.2, 0.25) is 5.91 Å². The monoisotopic (exact) mass is 434 g/mol. The zero-order valence-corrected chi connectivity index (χ0v) is 17.0. The van der Waals surface area contributed by atoms with Crippen molar-refractivity contribution in [3.05, 3.63) is 50.8 Å². The summed E-state index contributed by atoms with van der Waals surface area (Å²) in [6.07, 6.45) is 1.31. The topological polar surface area (TPSA) is 106 Å². The molecule has 158 valence electrons. The minimum Gasteiger partial charge on any atom is -0.375 e. The summed E-state index contributed by atoms with van der Waals surface area (Å²) in [6.45, 7) is 1.16. The largest absolute Gasteiger partial charge is 0.375 e. The van der Waals surface area contributed by atoms with Gasteiger partial charge in [-0.2, -0.15) is 0 Å². The Morgan fingerprint density at radius 1 is 1.37 bits per heavy atom. The molecule has 1 aliphatic rings. The van der Waals surface area contributed by atoms with Gasteiger partial charge in [-0.25, -0.2) is 14.1 Å². The smallest absolute Gasteiger partial charge is 0.281 e. The van der Waals surface area contributed by atoms with Gasteiger partial charge < -0.3 is 14.6 Å². The highest BCUT2D eigenvalue weighted by Gasteiger charge is 2.26. The summed E-state index contributed by atoms with van der Waals surface area (Å²) < 4.78 is 20.4. The molecule has 1 aromatic carbocycles. The van der Waals surface area contributed by atoms with Gasteiger partial charge in [0.1, 0.15) is 18.2 Å². The standard InChI is InChI=1S/C19H20ClFN6O3/c1-30-10-15(28)26-7-5-11(6-8-26)17-22-18-16(19(29)23-17)24-25-27(18)9-12-13(20)3-2-4-14(12)21/h2-4,11H,5-10H2,1H3,(H,22,23,29). The quantitative estimate of drug-likeness (QED) is 0.655. The maximum atomic E-state index is 14.2. The molecule has 11 heteroatoms. The number of benzene rings is 1. The molecular weight excluding hydrogens is 415 g/mol. The van der Waals surface area contributed by atoms with Crippen molar-refractivity contribution in [3.8, 4) is 0 Å². The van der Waals surface area contributed by atoms with Crippen LogP contribution in [0.2, 0.25) is 5.02 Å². The number of H-pyrrole nitrogens is 1. The van der Waals surface area contributed by atoms with Gasteiger partial charge in [-0.3, -0.25) is 9.59 Å². The SMILES string of the molecule is COCC(=O)N1CCC(c2nc3c(nnn3Cc3c(F)cccc3Cl)c(=O)[nH]2)CC1. The van der Waals surface area contributed by atoms with Crippen LogP contribution >= 0.6 is 11.6 Å². The minimum atomic E-state index is -0.468. The van der Waals surface area contributed by atoms with Crippen molar-refractivity contribution in [3.63, 3.8) is 0 Å². The summed E-state index contributed by atoms with van der Waals surface area (Å²) in [7, 11) is 1.49. The zero-order chi connectivity index (χ0) is 21.3. The summed E-state index contributed by atoms with van der Waals surface area (Å²) >= 11 is 6.11. The first-order valence-electron chi connectivity index (χ1n) is 9.51. The maximum Gasteiger partial charge on any atom is 0.281 e. The second kappa shape index (κ2) is 8.49. The van der Waals surface area contributed by atoms with E-state index in [1.807, 2.05) is 0 Å². The lowest BCUT2D eigenvalue weighted by Crippen LogP contribution is -2.40. The van der Waals surface area contributed by atoms with Gasteiger partial charge in [0.25, 0.3) is 5.56 Å². The third-order valence-corrected chi connectivity index (χ3v) is 5.62. The lowest BCUT2D eigenvalue weighted by Gasteiger charge is -2.31. The average molecular weight is 435 g/mol. The molecule has 3 heterocycles. The van der Waals surface area contributed by atoms with Crippen LogP contribution in [0, 0.1) is 5.82 Å². The van der Waals surface area contributed by atoms with Crippen LogP contribution in [0.4, 0.5) is 4.39 Å². The molecule has 0 saturated carbocycles. The van der Waals surface area contributed by atoms with E-state index in [2.05, 4.69) is 20.3 Å². The van der Waals surface area contributed by atoms with Crippen molar-refractivity contribution in [2.24, 2.45) is 0 Å². The minimum absolute atomic E-state index is 0.00185. The number of fused-ring (bicyclic) bond motifs is 1. The molecule has 1 aliphatic heterocycles. The number of carbonyl (C=O) groups is 1. The van der Waals surface area contributed by atoms with E-state index >= 15 is 0 Å². The second-order valence-corrected chi connectivity index (χ2v) is 7.57. The third-order valence-electron chi connectivity index (χ3n) is 5.26. The normalized spacial score (nSPS) is 15.1. The van der Waals surface area contributed by atoms with E-state index in [1.54, 1.807) is 11.0 Å². The van der Waals surface area contributed by atoms with Gasteiger partial charge in [-0.05, 0) is 25.0 Å². The van der Waals surface area contributed by atoms with Gasteiger partial charge in [-0.15, -0.1) is 5.10 Å². The molecule has 0 bridgehead atoms. The first-order valence-corrected chi connectivity index (χ1v) is 9.88. The number of ether oxygens (including phenoxy) is 1. The Morgan fingerprint density at radius 2 is 2.13 bits per heavy atom. The van der Waals surface area contributed by atoms with E-state index in [0.717, 1.165) is 0 Å². The number of halogens is 2. The van der Waals surface area contributed by atoms with E-state index in [1.165, 1.54) is 23.9 Å². The predicted octanol–water partition coefficient (Wildman–Crippen LogP) is 1.71. The van der Waals surface area contributed by atoms with Gasteiger partial charge >= 0.3 is 0 Å². The van der Waals surface area contributed by atoms with Crippen LogP contribution < -0.4 is 5.56 Å². The number of aromatic amines is 1. The van der Waals surface area contributed by atoms with E-state index in [9.17, 15) is 14.0 Å². The van der Waals surface area contributed by atoms with Crippen LogP contribution in [0.25, 0.3) is 11.2 Å². The summed E-state index contributed by atoms with van der Waals surface area (Å²) in [6, 6.07) is 4.42. The van der Waals surface area contributed by atoms with Crippen LogP contribution in [-0.4, -0.2) is 62.6 Å². The number of amides is 1. The highest BCUT2D eigenvalue weighted by molar-refractivity contribution is 6.31. The highest BCUT2D eigenvalue weighted by Crippen LogP contribution is 2.26. The molecule has 0 unspecified atom stereocenters. The number of nitrogens with zero attached hydrogens (tertiary/aromatic N) is 5. The Bertz CT molecular complexity index is 1120. The number of likely N-dealkylation sites (tertiary alicyclic amines) is 1. The fourth-order valence-corrected chi connectivity index (χ4v) is 3.86. The average Bonchev–Trinajstić information content (AvgIpc) is 3.14. The second-order valence-electron chi connectivity index (χ2n) is 7.16. The Labute approximate surface area is 175 Å². The third kappa shape index (κ3) is 3.92. The van der Waals surface area contributed by atoms with Gasteiger partial charge in [-0.1, -0.05) is 22.9 Å². The van der Waals surface area contributed by atoms with Gasteiger partial charge in [0.05, 0.1) is 6.54 Å². The molecule has 0 atom stereocenters.